The number of benzene rings is 1. The van der Waals surface area contributed by atoms with Gasteiger partial charge in [0.1, 0.15) is 6.04 Å². The number of amides is 1. The van der Waals surface area contributed by atoms with Gasteiger partial charge in [0.05, 0.1) is 5.56 Å². The Bertz CT molecular complexity index is 546. The first-order valence-electron chi connectivity index (χ1n) is 5.29. The van der Waals surface area contributed by atoms with Crippen molar-refractivity contribution >= 4 is 22.0 Å². The van der Waals surface area contributed by atoms with E-state index in [2.05, 4.69) is 20.7 Å². The van der Waals surface area contributed by atoms with E-state index in [9.17, 15) is 26.7 Å². The molecule has 1 aromatic rings. The average molecular weight is 360 g/mol. The van der Waals surface area contributed by atoms with E-state index >= 15 is 0 Å². The predicted octanol–water partition coefficient (Wildman–Crippen LogP) is 3.88. The summed E-state index contributed by atoms with van der Waals surface area (Å²) in [7, 11) is 0. The lowest BCUT2D eigenvalue weighted by molar-refractivity contribution is -0.138. The van der Waals surface area contributed by atoms with Crippen LogP contribution >= 0.6 is 15.9 Å². The lowest BCUT2D eigenvalue weighted by atomic mass is 9.98. The van der Waals surface area contributed by atoms with E-state index in [0.717, 1.165) is 12.1 Å². The third-order valence-electron chi connectivity index (χ3n) is 2.71. The predicted molar refractivity (Wildman–Crippen MR) is 61.3 cm³/mol. The largest absolute Gasteiger partial charge is 0.443 e. The van der Waals surface area contributed by atoms with Crippen LogP contribution in [0.5, 0.6) is 0 Å². The van der Waals surface area contributed by atoms with Gasteiger partial charge in [-0.25, -0.2) is 13.6 Å². The van der Waals surface area contributed by atoms with Gasteiger partial charge >= 0.3 is 18.2 Å². The van der Waals surface area contributed by atoms with Crippen molar-refractivity contribution in [3.8, 4) is 0 Å². The topological polar surface area (TPSA) is 38.3 Å². The van der Waals surface area contributed by atoms with Gasteiger partial charge in [-0.1, -0.05) is 15.9 Å². The van der Waals surface area contributed by atoms with Crippen LogP contribution in [-0.4, -0.2) is 18.6 Å². The van der Waals surface area contributed by atoms with Gasteiger partial charge in [0, 0.05) is 4.47 Å². The lowest BCUT2D eigenvalue weighted by Gasteiger charge is -2.32. The fraction of sp³-hybridized carbons (Fsp3) is 0.364. The number of alkyl halides is 5. The van der Waals surface area contributed by atoms with E-state index in [1.165, 1.54) is 0 Å². The maximum absolute atomic E-state index is 13.7. The fourth-order valence-electron chi connectivity index (χ4n) is 1.76. The first-order valence-corrected chi connectivity index (χ1v) is 6.08. The molecule has 0 spiro atoms. The molecule has 1 aliphatic heterocycles. The molecular weight excluding hydrogens is 353 g/mol. The summed E-state index contributed by atoms with van der Waals surface area (Å²) in [4.78, 5) is 11.0. The molecule has 0 unspecified atom stereocenters. The molecule has 0 aromatic heterocycles. The van der Waals surface area contributed by atoms with Crippen LogP contribution in [0.2, 0.25) is 0 Å². The molecular formula is C11H7BrF5NO2. The zero-order chi connectivity index (χ0) is 15.1. The van der Waals surface area contributed by atoms with Crippen molar-refractivity contribution < 1.29 is 31.5 Å². The number of cyclic esters (lactones) is 1. The van der Waals surface area contributed by atoms with E-state index < -0.39 is 36.4 Å². The maximum Gasteiger partial charge on any atom is 0.416 e. The molecule has 0 bridgehead atoms. The molecule has 1 heterocycles. The third kappa shape index (κ3) is 2.87. The number of carbonyl (C=O) groups excluding carboxylic acids is 1. The molecule has 2 rings (SSSR count). The number of rotatable bonds is 1. The summed E-state index contributed by atoms with van der Waals surface area (Å²) in [5.74, 6) is -3.51. The van der Waals surface area contributed by atoms with Crippen LogP contribution in [0.4, 0.5) is 26.7 Å². The Balaban J connectivity index is 2.47. The van der Waals surface area contributed by atoms with Gasteiger partial charge in [-0.15, -0.1) is 0 Å². The van der Waals surface area contributed by atoms with Crippen molar-refractivity contribution in [2.24, 2.45) is 0 Å². The van der Waals surface area contributed by atoms with Crippen molar-refractivity contribution in [1.82, 2.24) is 5.32 Å². The van der Waals surface area contributed by atoms with Gasteiger partial charge in [0.25, 0.3) is 0 Å². The molecule has 1 atom stereocenters. The Hall–Kier alpha value is -1.38. The minimum Gasteiger partial charge on any atom is -0.443 e. The first kappa shape index (κ1) is 15.0. The molecule has 9 heteroatoms. The number of halogens is 6. The van der Waals surface area contributed by atoms with Gasteiger partial charge < -0.3 is 10.1 Å². The van der Waals surface area contributed by atoms with E-state index in [4.69, 9.17) is 0 Å². The van der Waals surface area contributed by atoms with Crippen molar-refractivity contribution in [1.29, 1.82) is 0 Å². The second kappa shape index (κ2) is 4.87. The summed E-state index contributed by atoms with van der Waals surface area (Å²) in [6, 6.07) is 0.456. The molecule has 1 aliphatic rings. The number of carbonyl (C=O) groups is 1. The van der Waals surface area contributed by atoms with Gasteiger partial charge in [-0.2, -0.15) is 13.2 Å². The molecule has 0 saturated carbocycles. The van der Waals surface area contributed by atoms with Crippen molar-refractivity contribution in [3.63, 3.8) is 0 Å². The van der Waals surface area contributed by atoms with Crippen LogP contribution in [0.25, 0.3) is 0 Å². The van der Waals surface area contributed by atoms with Crippen LogP contribution in [0.15, 0.2) is 22.7 Å². The highest BCUT2D eigenvalue weighted by molar-refractivity contribution is 9.10. The Morgan fingerprint density at radius 2 is 2.00 bits per heavy atom. The summed E-state index contributed by atoms with van der Waals surface area (Å²) in [6.45, 7) is -1.19. The summed E-state index contributed by atoms with van der Waals surface area (Å²) in [6.07, 6.45) is -5.77. The Morgan fingerprint density at radius 1 is 1.35 bits per heavy atom. The highest BCUT2D eigenvalue weighted by Gasteiger charge is 2.48. The SMILES string of the molecule is O=C1N[C@H](c2cc(C(F)(F)F)ccc2Br)C(F)(F)CO1. The van der Waals surface area contributed by atoms with E-state index in [1.807, 2.05) is 5.32 Å². The summed E-state index contributed by atoms with van der Waals surface area (Å²) >= 11 is 2.91. The molecule has 3 nitrogen and oxygen atoms in total. The van der Waals surface area contributed by atoms with E-state index in [0.29, 0.717) is 6.07 Å². The quantitative estimate of drug-likeness (QED) is 0.772. The number of hydrogen-bond acceptors (Lipinski definition) is 2. The van der Waals surface area contributed by atoms with Crippen LogP contribution in [0, 0.1) is 0 Å². The minimum absolute atomic E-state index is 0.0392. The Labute approximate surface area is 118 Å². The summed E-state index contributed by atoms with van der Waals surface area (Å²) in [5, 5.41) is 1.83. The Morgan fingerprint density at radius 3 is 2.60 bits per heavy atom. The highest BCUT2D eigenvalue weighted by atomic mass is 79.9. The number of hydrogen-bond donors (Lipinski definition) is 1. The normalized spacial score (nSPS) is 22.1. The fourth-order valence-corrected chi connectivity index (χ4v) is 2.23. The van der Waals surface area contributed by atoms with Gasteiger partial charge in [-0.3, -0.25) is 0 Å². The van der Waals surface area contributed by atoms with E-state index in [1.54, 1.807) is 0 Å². The summed E-state index contributed by atoms with van der Waals surface area (Å²) in [5.41, 5.74) is -1.44. The molecule has 1 N–H and O–H groups in total. The smallest absolute Gasteiger partial charge is 0.416 e. The second-order valence-electron chi connectivity index (χ2n) is 4.15. The van der Waals surface area contributed by atoms with E-state index in [-0.39, 0.29) is 10.0 Å². The lowest BCUT2D eigenvalue weighted by Crippen LogP contribution is -2.49. The second-order valence-corrected chi connectivity index (χ2v) is 5.00. The zero-order valence-electron chi connectivity index (χ0n) is 9.60. The number of alkyl carbamates (subject to hydrolysis) is 1. The van der Waals surface area contributed by atoms with Crippen molar-refractivity contribution in [2.45, 2.75) is 18.1 Å². The van der Waals surface area contributed by atoms with Gasteiger partial charge in [-0.05, 0) is 23.8 Å². The molecule has 1 aromatic carbocycles. The van der Waals surface area contributed by atoms with Crippen LogP contribution in [-0.2, 0) is 10.9 Å². The van der Waals surface area contributed by atoms with Crippen LogP contribution in [0.1, 0.15) is 17.2 Å². The number of nitrogens with one attached hydrogen (secondary N) is 1. The summed E-state index contributed by atoms with van der Waals surface area (Å²) < 4.78 is 69.4. The molecule has 1 fully saturated rings. The minimum atomic E-state index is -4.67. The molecule has 110 valence electrons. The molecule has 20 heavy (non-hydrogen) atoms. The van der Waals surface area contributed by atoms with Crippen LogP contribution in [0.3, 0.4) is 0 Å². The van der Waals surface area contributed by atoms with Crippen LogP contribution < -0.4 is 5.32 Å². The van der Waals surface area contributed by atoms with Gasteiger partial charge in [0.15, 0.2) is 6.61 Å². The maximum atomic E-state index is 13.7. The molecule has 1 saturated heterocycles. The van der Waals surface area contributed by atoms with Gasteiger partial charge in [0.2, 0.25) is 0 Å². The van der Waals surface area contributed by atoms with Crippen molar-refractivity contribution in [2.75, 3.05) is 6.61 Å². The molecule has 0 aliphatic carbocycles. The Kier molecular flexibility index (Phi) is 3.66. The highest BCUT2D eigenvalue weighted by Crippen LogP contribution is 2.40. The monoisotopic (exact) mass is 359 g/mol. The van der Waals surface area contributed by atoms with Crippen molar-refractivity contribution in [3.05, 3.63) is 33.8 Å². The molecule has 1 amide bonds. The molecule has 0 radical (unpaired) electrons. The number of ether oxygens (including phenoxy) is 1. The third-order valence-corrected chi connectivity index (χ3v) is 3.44. The average Bonchev–Trinajstić information content (AvgIpc) is 2.32. The first-order chi connectivity index (χ1) is 9.11. The standard InChI is InChI=1S/C11H7BrF5NO2/c12-7-2-1-5(11(15,16)17)3-6(7)8-10(13,14)4-20-9(19)18-8/h1-3,8H,4H2,(H,18,19)/t8-/m1/s1. The zero-order valence-corrected chi connectivity index (χ0v) is 11.2.